The molecule has 1 saturated heterocycles. The van der Waals surface area contributed by atoms with E-state index in [-0.39, 0.29) is 0 Å². The molecule has 1 aliphatic heterocycles. The van der Waals surface area contributed by atoms with E-state index in [4.69, 9.17) is 4.74 Å². The van der Waals surface area contributed by atoms with Gasteiger partial charge in [-0.05, 0) is 51.9 Å². The number of aliphatic hydroxyl groups is 1. The molecule has 0 aromatic heterocycles. The predicted molar refractivity (Wildman–Crippen MR) is 86.6 cm³/mol. The molecule has 0 radical (unpaired) electrons. The first-order valence-corrected chi connectivity index (χ1v) is 7.88. The molecule has 1 unspecified atom stereocenters. The minimum atomic E-state index is -0.761. The van der Waals surface area contributed by atoms with Gasteiger partial charge in [-0.25, -0.2) is 0 Å². The third-order valence-electron chi connectivity index (χ3n) is 3.74. The summed E-state index contributed by atoms with van der Waals surface area (Å²) in [7, 11) is 0. The Morgan fingerprint density at radius 3 is 2.52 bits per heavy atom. The summed E-state index contributed by atoms with van der Waals surface area (Å²) < 4.78 is 5.73. The zero-order valence-electron chi connectivity index (χ0n) is 13.2. The van der Waals surface area contributed by atoms with Gasteiger partial charge in [-0.1, -0.05) is 18.2 Å². The van der Waals surface area contributed by atoms with E-state index in [2.05, 4.69) is 22.3 Å². The Morgan fingerprint density at radius 1 is 1.24 bits per heavy atom. The standard InChI is InChI=1S/C17H28N2O2/c1-17(2,20)14-21-13-16(19-10-6-7-11-19)12-18-15-8-4-3-5-9-15/h3-5,8-9,16,18,20H,6-7,10-14H2,1-2H3. The average molecular weight is 292 g/mol. The van der Waals surface area contributed by atoms with Gasteiger partial charge in [0, 0.05) is 12.2 Å². The number of nitrogens with zero attached hydrogens (tertiary/aromatic N) is 1. The van der Waals surface area contributed by atoms with Crippen LogP contribution in [0.4, 0.5) is 5.69 Å². The lowest BCUT2D eigenvalue weighted by molar-refractivity contribution is -0.0343. The molecule has 1 aliphatic rings. The number of rotatable bonds is 8. The molecule has 0 spiro atoms. The van der Waals surface area contributed by atoms with Crippen molar-refractivity contribution in [3.8, 4) is 0 Å². The third-order valence-corrected chi connectivity index (χ3v) is 3.74. The van der Waals surface area contributed by atoms with Crippen LogP contribution in [0.3, 0.4) is 0 Å². The molecule has 1 atom stereocenters. The SMILES string of the molecule is CC(C)(O)COCC(CNc1ccccc1)N1CCCC1. The molecule has 2 rings (SSSR count). The van der Waals surface area contributed by atoms with Crippen LogP contribution in [0, 0.1) is 0 Å². The average Bonchev–Trinajstić information content (AvgIpc) is 2.96. The highest BCUT2D eigenvalue weighted by molar-refractivity contribution is 5.42. The first kappa shape index (κ1) is 16.3. The first-order valence-electron chi connectivity index (χ1n) is 7.88. The Hall–Kier alpha value is -1.10. The van der Waals surface area contributed by atoms with Crippen molar-refractivity contribution < 1.29 is 9.84 Å². The van der Waals surface area contributed by atoms with Gasteiger partial charge in [-0.15, -0.1) is 0 Å². The molecule has 1 heterocycles. The van der Waals surface area contributed by atoms with Crippen molar-refractivity contribution in [1.29, 1.82) is 0 Å². The number of benzene rings is 1. The molecular weight excluding hydrogens is 264 g/mol. The molecule has 0 amide bonds. The number of anilines is 1. The van der Waals surface area contributed by atoms with Crippen molar-refractivity contribution in [2.45, 2.75) is 38.3 Å². The molecule has 118 valence electrons. The van der Waals surface area contributed by atoms with Crippen LogP contribution in [0.15, 0.2) is 30.3 Å². The van der Waals surface area contributed by atoms with Gasteiger partial charge in [0.1, 0.15) is 0 Å². The van der Waals surface area contributed by atoms with E-state index in [0.29, 0.717) is 19.3 Å². The van der Waals surface area contributed by atoms with Gasteiger partial charge in [0.2, 0.25) is 0 Å². The van der Waals surface area contributed by atoms with Gasteiger partial charge < -0.3 is 15.2 Å². The van der Waals surface area contributed by atoms with Crippen LogP contribution in [-0.2, 0) is 4.74 Å². The van der Waals surface area contributed by atoms with E-state index in [1.807, 2.05) is 18.2 Å². The molecule has 0 aliphatic carbocycles. The fourth-order valence-electron chi connectivity index (χ4n) is 2.64. The van der Waals surface area contributed by atoms with Crippen LogP contribution < -0.4 is 5.32 Å². The summed E-state index contributed by atoms with van der Waals surface area (Å²) in [4.78, 5) is 2.49. The number of ether oxygens (including phenoxy) is 1. The van der Waals surface area contributed by atoms with Crippen LogP contribution in [-0.4, -0.2) is 54.5 Å². The minimum absolute atomic E-state index is 0.357. The van der Waals surface area contributed by atoms with Crippen LogP contribution >= 0.6 is 0 Å². The van der Waals surface area contributed by atoms with E-state index in [1.54, 1.807) is 13.8 Å². The lowest BCUT2D eigenvalue weighted by atomic mass is 10.2. The minimum Gasteiger partial charge on any atom is -0.388 e. The van der Waals surface area contributed by atoms with Gasteiger partial charge in [-0.2, -0.15) is 0 Å². The molecular formula is C17H28N2O2. The molecule has 21 heavy (non-hydrogen) atoms. The molecule has 1 aromatic carbocycles. The van der Waals surface area contributed by atoms with Crippen molar-refractivity contribution in [1.82, 2.24) is 4.90 Å². The van der Waals surface area contributed by atoms with Crippen LogP contribution in [0.25, 0.3) is 0 Å². The van der Waals surface area contributed by atoms with Crippen LogP contribution in [0.5, 0.6) is 0 Å². The van der Waals surface area contributed by atoms with E-state index < -0.39 is 5.60 Å². The van der Waals surface area contributed by atoms with E-state index in [1.165, 1.54) is 12.8 Å². The topological polar surface area (TPSA) is 44.7 Å². The number of nitrogens with one attached hydrogen (secondary N) is 1. The summed E-state index contributed by atoms with van der Waals surface area (Å²) in [5.41, 5.74) is 0.381. The fraction of sp³-hybridized carbons (Fsp3) is 0.647. The first-order chi connectivity index (χ1) is 10.0. The van der Waals surface area contributed by atoms with Crippen molar-refractivity contribution in [3.05, 3.63) is 30.3 Å². The second kappa shape index (κ2) is 7.78. The fourth-order valence-corrected chi connectivity index (χ4v) is 2.64. The highest BCUT2D eigenvalue weighted by Crippen LogP contribution is 2.14. The largest absolute Gasteiger partial charge is 0.388 e. The molecule has 4 nitrogen and oxygen atoms in total. The molecule has 1 aromatic rings. The molecule has 0 saturated carbocycles. The second-order valence-corrected chi connectivity index (χ2v) is 6.47. The number of hydrogen-bond donors (Lipinski definition) is 2. The van der Waals surface area contributed by atoms with Crippen molar-refractivity contribution in [3.63, 3.8) is 0 Å². The lowest BCUT2D eigenvalue weighted by Gasteiger charge is -2.29. The van der Waals surface area contributed by atoms with Crippen LogP contribution in [0.1, 0.15) is 26.7 Å². The van der Waals surface area contributed by atoms with Gasteiger partial charge >= 0.3 is 0 Å². The lowest BCUT2D eigenvalue weighted by Crippen LogP contribution is -2.42. The summed E-state index contributed by atoms with van der Waals surface area (Å²) in [5, 5.41) is 13.2. The summed E-state index contributed by atoms with van der Waals surface area (Å²) in [6, 6.07) is 10.6. The van der Waals surface area contributed by atoms with Crippen LogP contribution in [0.2, 0.25) is 0 Å². The van der Waals surface area contributed by atoms with E-state index in [0.717, 1.165) is 25.3 Å². The van der Waals surface area contributed by atoms with Gasteiger partial charge in [0.25, 0.3) is 0 Å². The Kier molecular flexibility index (Phi) is 6.03. The monoisotopic (exact) mass is 292 g/mol. The molecule has 4 heteroatoms. The molecule has 2 N–H and O–H groups in total. The summed E-state index contributed by atoms with van der Waals surface area (Å²) in [6.07, 6.45) is 2.54. The van der Waals surface area contributed by atoms with Crippen molar-refractivity contribution in [2.24, 2.45) is 0 Å². The third kappa shape index (κ3) is 6.04. The van der Waals surface area contributed by atoms with Gasteiger partial charge in [0.05, 0.1) is 24.9 Å². The Bertz CT molecular complexity index is 397. The zero-order valence-corrected chi connectivity index (χ0v) is 13.2. The molecule has 0 bridgehead atoms. The summed E-state index contributed by atoms with van der Waals surface area (Å²) in [5.74, 6) is 0. The van der Waals surface area contributed by atoms with E-state index in [9.17, 15) is 5.11 Å². The normalized spacial score (nSPS) is 17.9. The maximum atomic E-state index is 9.75. The highest BCUT2D eigenvalue weighted by atomic mass is 16.5. The maximum absolute atomic E-state index is 9.75. The maximum Gasteiger partial charge on any atom is 0.0824 e. The van der Waals surface area contributed by atoms with Crippen molar-refractivity contribution >= 4 is 5.69 Å². The van der Waals surface area contributed by atoms with Gasteiger partial charge in [-0.3, -0.25) is 4.90 Å². The summed E-state index contributed by atoms with van der Waals surface area (Å²) >= 11 is 0. The number of para-hydroxylation sites is 1. The number of likely N-dealkylation sites (tertiary alicyclic amines) is 1. The number of hydrogen-bond acceptors (Lipinski definition) is 4. The smallest absolute Gasteiger partial charge is 0.0824 e. The quantitative estimate of drug-likeness (QED) is 0.772. The van der Waals surface area contributed by atoms with Crippen molar-refractivity contribution in [2.75, 3.05) is 38.2 Å². The molecule has 1 fully saturated rings. The van der Waals surface area contributed by atoms with Gasteiger partial charge in [0.15, 0.2) is 0 Å². The Labute approximate surface area is 128 Å². The van der Waals surface area contributed by atoms with E-state index >= 15 is 0 Å². The Balaban J connectivity index is 1.83. The zero-order chi connectivity index (χ0) is 15.1. The highest BCUT2D eigenvalue weighted by Gasteiger charge is 2.23. The summed E-state index contributed by atoms with van der Waals surface area (Å²) in [6.45, 7) is 7.75. The Morgan fingerprint density at radius 2 is 1.90 bits per heavy atom. The predicted octanol–water partition coefficient (Wildman–Crippen LogP) is 2.35. The second-order valence-electron chi connectivity index (χ2n) is 6.47.